The fraction of sp³-hybridized carbons (Fsp3) is 0.300. The van der Waals surface area contributed by atoms with Crippen molar-refractivity contribution < 1.29 is 4.79 Å². The first-order valence-electron chi connectivity index (χ1n) is 9.10. The second-order valence-electron chi connectivity index (χ2n) is 6.50. The van der Waals surface area contributed by atoms with Crippen molar-refractivity contribution in [3.8, 4) is 5.69 Å². The molecule has 0 saturated carbocycles. The molecule has 3 rings (SSSR count). The normalized spacial score (nSPS) is 13.1. The van der Waals surface area contributed by atoms with Crippen LogP contribution in [0.2, 0.25) is 5.02 Å². The summed E-state index contributed by atoms with van der Waals surface area (Å²) in [6.45, 7) is 6.13. The Balaban J connectivity index is 1.74. The third-order valence-electron chi connectivity index (χ3n) is 4.51. The lowest BCUT2D eigenvalue weighted by Gasteiger charge is -2.17. The SMILES string of the molecule is CC[C@@H](C)c1ccccc1NC(=O)[C@H](C)Sc1nnnn1-c1cccc(Cl)c1. The lowest BCUT2D eigenvalue weighted by Crippen LogP contribution is -2.23. The minimum absolute atomic E-state index is 0.0959. The summed E-state index contributed by atoms with van der Waals surface area (Å²) in [5, 5.41) is 15.6. The third-order valence-corrected chi connectivity index (χ3v) is 5.78. The van der Waals surface area contributed by atoms with E-state index in [9.17, 15) is 4.79 Å². The Morgan fingerprint density at radius 2 is 2.00 bits per heavy atom. The summed E-state index contributed by atoms with van der Waals surface area (Å²) in [5.74, 6) is 0.274. The number of carbonyl (C=O) groups is 1. The predicted octanol–water partition coefficient (Wildman–Crippen LogP) is 4.95. The van der Waals surface area contributed by atoms with Crippen LogP contribution in [0, 0.1) is 0 Å². The van der Waals surface area contributed by atoms with Crippen molar-refractivity contribution in [1.82, 2.24) is 20.2 Å². The van der Waals surface area contributed by atoms with Crippen molar-refractivity contribution in [1.29, 1.82) is 0 Å². The minimum atomic E-state index is -0.381. The molecule has 2 atom stereocenters. The van der Waals surface area contributed by atoms with Gasteiger partial charge in [-0.2, -0.15) is 4.68 Å². The van der Waals surface area contributed by atoms with Crippen LogP contribution in [0.3, 0.4) is 0 Å². The number of carbonyl (C=O) groups excluding carboxylic acids is 1. The van der Waals surface area contributed by atoms with E-state index >= 15 is 0 Å². The summed E-state index contributed by atoms with van der Waals surface area (Å²) in [4.78, 5) is 12.8. The number of anilines is 1. The Hall–Kier alpha value is -2.38. The number of nitrogens with one attached hydrogen (secondary N) is 1. The average Bonchev–Trinajstić information content (AvgIpc) is 3.16. The molecule has 6 nitrogen and oxygen atoms in total. The zero-order chi connectivity index (χ0) is 20.1. The van der Waals surface area contributed by atoms with Crippen molar-refractivity contribution >= 4 is 35.0 Å². The summed E-state index contributed by atoms with van der Waals surface area (Å²) < 4.78 is 1.58. The summed E-state index contributed by atoms with van der Waals surface area (Å²) in [5.41, 5.74) is 2.73. The van der Waals surface area contributed by atoms with Crippen LogP contribution < -0.4 is 5.32 Å². The minimum Gasteiger partial charge on any atom is -0.325 e. The van der Waals surface area contributed by atoms with Crippen molar-refractivity contribution in [3.63, 3.8) is 0 Å². The fourth-order valence-corrected chi connectivity index (χ4v) is 3.72. The average molecular weight is 416 g/mol. The lowest BCUT2D eigenvalue weighted by atomic mass is 9.97. The van der Waals surface area contributed by atoms with Crippen LogP contribution in [0.1, 0.15) is 38.7 Å². The van der Waals surface area contributed by atoms with Gasteiger partial charge in [-0.05, 0) is 59.5 Å². The highest BCUT2D eigenvalue weighted by atomic mass is 35.5. The Morgan fingerprint density at radius 1 is 1.21 bits per heavy atom. The molecule has 1 aromatic heterocycles. The number of hydrogen-bond donors (Lipinski definition) is 1. The number of para-hydroxylation sites is 1. The van der Waals surface area contributed by atoms with Crippen molar-refractivity contribution in [2.45, 2.75) is 43.5 Å². The number of amides is 1. The number of rotatable bonds is 7. The zero-order valence-corrected chi connectivity index (χ0v) is 17.5. The zero-order valence-electron chi connectivity index (χ0n) is 16.0. The predicted molar refractivity (Wildman–Crippen MR) is 113 cm³/mol. The number of halogens is 1. The third kappa shape index (κ3) is 4.72. The molecule has 0 fully saturated rings. The van der Waals surface area contributed by atoms with Crippen LogP contribution in [0.25, 0.3) is 5.69 Å². The van der Waals surface area contributed by atoms with E-state index in [0.29, 0.717) is 16.1 Å². The van der Waals surface area contributed by atoms with E-state index in [1.165, 1.54) is 11.8 Å². The number of nitrogens with zero attached hydrogens (tertiary/aromatic N) is 4. The molecule has 0 unspecified atom stereocenters. The van der Waals surface area contributed by atoms with Crippen LogP contribution in [-0.4, -0.2) is 31.4 Å². The van der Waals surface area contributed by atoms with Gasteiger partial charge in [0.1, 0.15) is 0 Å². The Morgan fingerprint density at radius 3 is 2.75 bits per heavy atom. The van der Waals surface area contributed by atoms with Gasteiger partial charge in [0.25, 0.3) is 0 Å². The van der Waals surface area contributed by atoms with E-state index in [1.54, 1.807) is 16.8 Å². The second kappa shape index (κ2) is 9.21. The van der Waals surface area contributed by atoms with E-state index in [1.807, 2.05) is 37.3 Å². The first-order valence-corrected chi connectivity index (χ1v) is 10.4. The van der Waals surface area contributed by atoms with Gasteiger partial charge in [-0.25, -0.2) is 0 Å². The molecule has 0 aliphatic rings. The molecule has 0 bridgehead atoms. The van der Waals surface area contributed by atoms with Crippen molar-refractivity contribution in [3.05, 3.63) is 59.1 Å². The first kappa shape index (κ1) is 20.4. The summed E-state index contributed by atoms with van der Waals surface area (Å²) in [7, 11) is 0. The van der Waals surface area contributed by atoms with Crippen molar-refractivity contribution in [2.24, 2.45) is 0 Å². The number of benzene rings is 2. The highest BCUT2D eigenvalue weighted by Crippen LogP contribution is 2.28. The van der Waals surface area contributed by atoms with Gasteiger partial charge in [0.2, 0.25) is 11.1 Å². The number of thioether (sulfide) groups is 1. The molecule has 0 spiro atoms. The number of hydrogen-bond acceptors (Lipinski definition) is 5. The van der Waals surface area contributed by atoms with E-state index < -0.39 is 0 Å². The molecule has 146 valence electrons. The summed E-state index contributed by atoms with van der Waals surface area (Å²) in [6, 6.07) is 15.2. The maximum atomic E-state index is 12.8. The number of aromatic nitrogens is 4. The highest BCUT2D eigenvalue weighted by Gasteiger charge is 2.21. The van der Waals surface area contributed by atoms with Gasteiger partial charge >= 0.3 is 0 Å². The molecule has 28 heavy (non-hydrogen) atoms. The highest BCUT2D eigenvalue weighted by molar-refractivity contribution is 8.00. The monoisotopic (exact) mass is 415 g/mol. The van der Waals surface area contributed by atoms with E-state index in [2.05, 4.69) is 40.8 Å². The molecule has 0 aliphatic carbocycles. The maximum absolute atomic E-state index is 12.8. The van der Waals surface area contributed by atoms with E-state index in [0.717, 1.165) is 23.4 Å². The standard InChI is InChI=1S/C20H22ClN5OS/c1-4-13(2)17-10-5-6-11-18(17)22-19(27)14(3)28-20-23-24-25-26(20)16-9-7-8-15(21)12-16/h5-14H,4H2,1-3H3,(H,22,27)/t13-,14+/m1/s1. The Labute approximate surface area is 173 Å². The van der Waals surface area contributed by atoms with Crippen molar-refractivity contribution in [2.75, 3.05) is 5.32 Å². The van der Waals surface area contributed by atoms with Gasteiger partial charge in [-0.3, -0.25) is 4.79 Å². The quantitative estimate of drug-likeness (QED) is 0.553. The lowest BCUT2D eigenvalue weighted by molar-refractivity contribution is -0.115. The van der Waals surface area contributed by atoms with Gasteiger partial charge in [-0.1, -0.05) is 61.5 Å². The van der Waals surface area contributed by atoms with Gasteiger partial charge in [0.05, 0.1) is 10.9 Å². The molecule has 8 heteroatoms. The molecule has 1 heterocycles. The van der Waals surface area contributed by atoms with Crippen LogP contribution in [0.5, 0.6) is 0 Å². The maximum Gasteiger partial charge on any atom is 0.237 e. The van der Waals surface area contributed by atoms with Gasteiger partial charge < -0.3 is 5.32 Å². The molecular formula is C20H22ClN5OS. The fourth-order valence-electron chi connectivity index (χ4n) is 2.73. The summed E-state index contributed by atoms with van der Waals surface area (Å²) in [6.07, 6.45) is 1.01. The molecule has 1 N–H and O–H groups in total. The largest absolute Gasteiger partial charge is 0.325 e. The summed E-state index contributed by atoms with van der Waals surface area (Å²) >= 11 is 7.36. The smallest absolute Gasteiger partial charge is 0.237 e. The van der Waals surface area contributed by atoms with Crippen LogP contribution in [-0.2, 0) is 4.79 Å². The molecular weight excluding hydrogens is 394 g/mol. The molecule has 0 aliphatic heterocycles. The van der Waals surface area contributed by atoms with Gasteiger partial charge in [0, 0.05) is 10.7 Å². The van der Waals surface area contributed by atoms with Gasteiger partial charge in [0.15, 0.2) is 0 Å². The van der Waals surface area contributed by atoms with Crippen LogP contribution >= 0.6 is 23.4 Å². The second-order valence-corrected chi connectivity index (χ2v) is 8.24. The van der Waals surface area contributed by atoms with Crippen LogP contribution in [0.15, 0.2) is 53.7 Å². The molecule has 3 aromatic rings. The van der Waals surface area contributed by atoms with Gasteiger partial charge in [-0.15, -0.1) is 5.10 Å². The Kier molecular flexibility index (Phi) is 6.70. The topological polar surface area (TPSA) is 72.7 Å². The molecule has 1 amide bonds. The first-order chi connectivity index (χ1) is 13.5. The molecule has 0 radical (unpaired) electrons. The Bertz CT molecular complexity index is 961. The molecule has 0 saturated heterocycles. The van der Waals surface area contributed by atoms with E-state index in [4.69, 9.17) is 11.6 Å². The number of tetrazole rings is 1. The van der Waals surface area contributed by atoms with Crippen LogP contribution in [0.4, 0.5) is 5.69 Å². The molecule has 2 aromatic carbocycles. The van der Waals surface area contributed by atoms with E-state index in [-0.39, 0.29) is 11.2 Å².